The Balaban J connectivity index is 3.43. The Morgan fingerprint density at radius 3 is 2.50 bits per heavy atom. The van der Waals surface area contributed by atoms with Crippen LogP contribution in [0.15, 0.2) is 10.9 Å². The van der Waals surface area contributed by atoms with E-state index in [1.54, 1.807) is 4.98 Å². The summed E-state index contributed by atoms with van der Waals surface area (Å²) in [7, 11) is 0. The maximum Gasteiger partial charge on any atom is 0.356 e. The molecule has 14 heavy (non-hydrogen) atoms. The number of carboxylic acids is 1. The lowest BCUT2D eigenvalue weighted by atomic mass is 10.2. The summed E-state index contributed by atoms with van der Waals surface area (Å²) < 4.78 is 24.2. The van der Waals surface area contributed by atoms with E-state index < -0.39 is 35.0 Å². The fourth-order valence-corrected chi connectivity index (χ4v) is 0.845. The Hall–Kier alpha value is -1.92. The summed E-state index contributed by atoms with van der Waals surface area (Å²) >= 11 is 0. The molecule has 0 aliphatic carbocycles. The first kappa shape index (κ1) is 10.2. The molecule has 0 aliphatic heterocycles. The van der Waals surface area contributed by atoms with Crippen LogP contribution in [0.5, 0.6) is 5.75 Å². The number of nitrogens with one attached hydrogen (secondary N) is 1. The predicted molar refractivity (Wildman–Crippen MR) is 40.6 cm³/mol. The smallest absolute Gasteiger partial charge is 0.356 e. The van der Waals surface area contributed by atoms with Crippen LogP contribution in [0.25, 0.3) is 0 Å². The molecule has 5 nitrogen and oxygen atoms in total. The van der Waals surface area contributed by atoms with E-state index in [0.29, 0.717) is 6.07 Å². The molecular weight excluding hydrogens is 200 g/mol. The molecule has 0 fully saturated rings. The Morgan fingerprint density at radius 1 is 1.50 bits per heavy atom. The van der Waals surface area contributed by atoms with Crippen LogP contribution in [-0.2, 0) is 0 Å². The van der Waals surface area contributed by atoms with E-state index in [1.165, 1.54) is 0 Å². The van der Waals surface area contributed by atoms with Crippen molar-refractivity contribution in [3.05, 3.63) is 27.7 Å². The van der Waals surface area contributed by atoms with Crippen LogP contribution in [0, 0.1) is 0 Å². The number of aromatic nitrogens is 1. The van der Waals surface area contributed by atoms with Gasteiger partial charge in [0.1, 0.15) is 0 Å². The van der Waals surface area contributed by atoms with Crippen molar-refractivity contribution < 1.29 is 23.8 Å². The topological polar surface area (TPSA) is 90.4 Å². The van der Waals surface area contributed by atoms with Crippen molar-refractivity contribution in [2.24, 2.45) is 0 Å². The summed E-state index contributed by atoms with van der Waals surface area (Å²) in [6.07, 6.45) is -3.00. The molecule has 3 N–H and O–H groups in total. The molecule has 0 amide bonds. The van der Waals surface area contributed by atoms with Crippen LogP contribution in [0.4, 0.5) is 8.78 Å². The van der Waals surface area contributed by atoms with Crippen molar-refractivity contribution in [2.75, 3.05) is 0 Å². The number of aromatic amines is 1. The highest BCUT2D eigenvalue weighted by Gasteiger charge is 2.18. The molecular formula is C7H5F2NO4. The van der Waals surface area contributed by atoms with Crippen molar-refractivity contribution in [3.63, 3.8) is 0 Å². The minimum atomic E-state index is -3.00. The molecule has 0 aromatic carbocycles. The van der Waals surface area contributed by atoms with E-state index >= 15 is 0 Å². The largest absolute Gasteiger partial charge is 0.502 e. The second-order valence-corrected chi connectivity index (χ2v) is 2.42. The maximum absolute atomic E-state index is 12.1. The Morgan fingerprint density at radius 2 is 2.07 bits per heavy atom. The first-order chi connectivity index (χ1) is 6.43. The number of aromatic hydroxyl groups is 1. The number of carboxylic acid groups (broad SMARTS) is 1. The third kappa shape index (κ3) is 1.70. The molecule has 1 aromatic rings. The van der Waals surface area contributed by atoms with E-state index in [1.807, 2.05) is 0 Å². The van der Waals surface area contributed by atoms with Crippen molar-refractivity contribution in [1.29, 1.82) is 0 Å². The van der Waals surface area contributed by atoms with Gasteiger partial charge in [-0.05, 0) is 0 Å². The molecule has 0 saturated heterocycles. The van der Waals surface area contributed by atoms with Gasteiger partial charge in [-0.25, -0.2) is 13.6 Å². The zero-order chi connectivity index (χ0) is 10.9. The molecule has 1 aromatic heterocycles. The van der Waals surface area contributed by atoms with Crippen LogP contribution < -0.4 is 5.43 Å². The zero-order valence-corrected chi connectivity index (χ0v) is 6.62. The minimum absolute atomic E-state index is 0.451. The van der Waals surface area contributed by atoms with E-state index in [4.69, 9.17) is 10.2 Å². The van der Waals surface area contributed by atoms with Gasteiger partial charge in [-0.15, -0.1) is 0 Å². The monoisotopic (exact) mass is 205 g/mol. The molecule has 1 heterocycles. The summed E-state index contributed by atoms with van der Waals surface area (Å²) in [4.78, 5) is 22.9. The highest BCUT2D eigenvalue weighted by molar-refractivity contribution is 5.88. The van der Waals surface area contributed by atoms with Crippen LogP contribution in [-0.4, -0.2) is 21.2 Å². The molecule has 7 heteroatoms. The van der Waals surface area contributed by atoms with Crippen LogP contribution in [0.1, 0.15) is 22.6 Å². The number of carbonyl (C=O) groups is 1. The zero-order valence-electron chi connectivity index (χ0n) is 6.62. The molecule has 0 saturated carbocycles. The molecule has 0 unspecified atom stereocenters. The van der Waals surface area contributed by atoms with Crippen molar-refractivity contribution >= 4 is 5.97 Å². The quantitative estimate of drug-likeness (QED) is 0.663. The minimum Gasteiger partial charge on any atom is -0.502 e. The maximum atomic E-state index is 12.1. The van der Waals surface area contributed by atoms with Crippen LogP contribution >= 0.6 is 0 Å². The second kappa shape index (κ2) is 3.44. The summed E-state index contributed by atoms with van der Waals surface area (Å²) in [5.74, 6) is -2.76. The highest BCUT2D eigenvalue weighted by Crippen LogP contribution is 2.18. The van der Waals surface area contributed by atoms with Crippen molar-refractivity contribution in [1.82, 2.24) is 4.98 Å². The van der Waals surface area contributed by atoms with Gasteiger partial charge in [0.15, 0.2) is 11.4 Å². The third-order valence-corrected chi connectivity index (χ3v) is 1.48. The molecule has 0 spiro atoms. The Kier molecular flexibility index (Phi) is 2.50. The van der Waals surface area contributed by atoms with Crippen molar-refractivity contribution in [2.45, 2.75) is 6.43 Å². The SMILES string of the molecule is O=C(O)c1[nH]c(C(F)F)cc(=O)c1O. The first-order valence-electron chi connectivity index (χ1n) is 3.41. The van der Waals surface area contributed by atoms with Gasteiger partial charge in [-0.1, -0.05) is 0 Å². The fraction of sp³-hybridized carbons (Fsp3) is 0.143. The Labute approximate surface area is 75.6 Å². The lowest BCUT2D eigenvalue weighted by Crippen LogP contribution is -2.12. The van der Waals surface area contributed by atoms with Gasteiger partial charge in [-0.2, -0.15) is 0 Å². The van der Waals surface area contributed by atoms with Crippen molar-refractivity contribution in [3.8, 4) is 5.75 Å². The summed E-state index contributed by atoms with van der Waals surface area (Å²) in [6.45, 7) is 0. The molecule has 0 radical (unpaired) electrons. The number of halogens is 2. The lowest BCUT2D eigenvalue weighted by molar-refractivity contribution is 0.0684. The number of aromatic carboxylic acids is 1. The molecule has 0 bridgehead atoms. The normalized spacial score (nSPS) is 10.5. The number of alkyl halides is 2. The average Bonchev–Trinajstić information content (AvgIpc) is 2.08. The first-order valence-corrected chi connectivity index (χ1v) is 3.41. The predicted octanol–water partition coefficient (Wildman–Crippen LogP) is 0.716. The van der Waals surface area contributed by atoms with Crippen LogP contribution in [0.3, 0.4) is 0 Å². The summed E-state index contributed by atoms with van der Waals surface area (Å²) in [6, 6.07) is 0.451. The summed E-state index contributed by atoms with van der Waals surface area (Å²) in [5, 5.41) is 17.3. The average molecular weight is 205 g/mol. The van der Waals surface area contributed by atoms with E-state index in [9.17, 15) is 18.4 Å². The lowest BCUT2D eigenvalue weighted by Gasteiger charge is -2.03. The number of hydrogen-bond donors (Lipinski definition) is 3. The van der Waals surface area contributed by atoms with Gasteiger partial charge in [0.2, 0.25) is 5.43 Å². The van der Waals surface area contributed by atoms with E-state index in [2.05, 4.69) is 0 Å². The van der Waals surface area contributed by atoms with E-state index in [0.717, 1.165) is 0 Å². The molecule has 1 rings (SSSR count). The summed E-state index contributed by atoms with van der Waals surface area (Å²) in [5.41, 5.74) is -2.94. The fourth-order valence-electron chi connectivity index (χ4n) is 0.845. The number of pyridine rings is 1. The number of H-pyrrole nitrogens is 1. The molecule has 76 valence electrons. The standard InChI is InChI=1S/C7H5F2NO4/c8-6(9)2-1-3(11)5(12)4(10-2)7(13)14/h1,6,12H,(H,10,11)(H,13,14). The van der Waals surface area contributed by atoms with Crippen LogP contribution in [0.2, 0.25) is 0 Å². The van der Waals surface area contributed by atoms with Gasteiger partial charge < -0.3 is 15.2 Å². The molecule has 0 atom stereocenters. The van der Waals surface area contributed by atoms with Gasteiger partial charge in [0.25, 0.3) is 6.43 Å². The highest BCUT2D eigenvalue weighted by atomic mass is 19.3. The molecule has 0 aliphatic rings. The second-order valence-electron chi connectivity index (χ2n) is 2.42. The third-order valence-electron chi connectivity index (χ3n) is 1.48. The van der Waals surface area contributed by atoms with Gasteiger partial charge in [0.05, 0.1) is 5.69 Å². The van der Waals surface area contributed by atoms with Gasteiger partial charge in [-0.3, -0.25) is 4.79 Å². The Bertz CT molecular complexity index is 426. The number of hydrogen-bond acceptors (Lipinski definition) is 3. The van der Waals surface area contributed by atoms with Gasteiger partial charge in [0, 0.05) is 6.07 Å². The van der Waals surface area contributed by atoms with Gasteiger partial charge >= 0.3 is 5.97 Å². The number of rotatable bonds is 2. The van der Waals surface area contributed by atoms with E-state index in [-0.39, 0.29) is 0 Å².